The fourth-order valence-corrected chi connectivity index (χ4v) is 5.32. The van der Waals surface area contributed by atoms with Gasteiger partial charge in [0.25, 0.3) is 5.56 Å². The largest absolute Gasteiger partial charge is 0.497 e. The van der Waals surface area contributed by atoms with Crippen molar-refractivity contribution in [3.8, 4) is 16.9 Å². The van der Waals surface area contributed by atoms with Crippen molar-refractivity contribution < 1.29 is 14.6 Å². The SMILES string of the molecule is CCCNC(=O)[C@@H]1[C@@H](CO)[C@@H]2Cn3c(ccc(-c4ccc(OC)cc4)c3=O)[C@@H]2N1CC. The molecule has 0 radical (unpaired) electrons. The summed E-state index contributed by atoms with van der Waals surface area (Å²) in [7, 11) is 1.62. The maximum atomic E-state index is 13.4. The van der Waals surface area contributed by atoms with Crippen molar-refractivity contribution in [2.75, 3.05) is 26.8 Å². The molecule has 0 bridgehead atoms. The number of amides is 1. The third-order valence-corrected chi connectivity index (χ3v) is 6.77. The number of aliphatic hydroxyl groups excluding tert-OH is 1. The molecule has 3 heterocycles. The van der Waals surface area contributed by atoms with E-state index in [0.29, 0.717) is 25.2 Å². The zero-order valence-corrected chi connectivity index (χ0v) is 18.4. The summed E-state index contributed by atoms with van der Waals surface area (Å²) >= 11 is 0. The molecule has 4 atom stereocenters. The molecule has 1 fully saturated rings. The third kappa shape index (κ3) is 3.55. The van der Waals surface area contributed by atoms with Crippen LogP contribution >= 0.6 is 0 Å². The van der Waals surface area contributed by atoms with Gasteiger partial charge in [-0.2, -0.15) is 0 Å². The summed E-state index contributed by atoms with van der Waals surface area (Å²) < 4.78 is 7.05. The molecule has 0 unspecified atom stereocenters. The van der Waals surface area contributed by atoms with E-state index in [2.05, 4.69) is 10.2 Å². The highest BCUT2D eigenvalue weighted by Crippen LogP contribution is 2.49. The van der Waals surface area contributed by atoms with Gasteiger partial charge in [-0.05, 0) is 42.8 Å². The van der Waals surface area contributed by atoms with Crippen molar-refractivity contribution in [2.45, 2.75) is 38.9 Å². The molecule has 2 aromatic rings. The number of pyridine rings is 1. The van der Waals surface area contributed by atoms with Crippen molar-refractivity contribution in [2.24, 2.45) is 11.8 Å². The Balaban J connectivity index is 1.70. The molecule has 1 aromatic heterocycles. The topological polar surface area (TPSA) is 83.8 Å². The molecule has 31 heavy (non-hydrogen) atoms. The van der Waals surface area contributed by atoms with Crippen LogP contribution in [0.4, 0.5) is 0 Å². The van der Waals surface area contributed by atoms with E-state index in [1.54, 1.807) is 7.11 Å². The molecule has 1 amide bonds. The van der Waals surface area contributed by atoms with E-state index in [0.717, 1.165) is 23.4 Å². The molecule has 7 heteroatoms. The fourth-order valence-electron chi connectivity index (χ4n) is 5.32. The van der Waals surface area contributed by atoms with E-state index in [-0.39, 0.29) is 42.0 Å². The van der Waals surface area contributed by atoms with Gasteiger partial charge in [0.1, 0.15) is 5.75 Å². The second kappa shape index (κ2) is 8.85. The van der Waals surface area contributed by atoms with E-state index in [1.807, 2.05) is 54.8 Å². The molecule has 2 aliphatic heterocycles. The smallest absolute Gasteiger partial charge is 0.258 e. The number of likely N-dealkylation sites (N-methyl/N-ethyl adjacent to an activating group) is 1. The van der Waals surface area contributed by atoms with Crippen molar-refractivity contribution in [3.63, 3.8) is 0 Å². The van der Waals surface area contributed by atoms with Gasteiger partial charge in [0.2, 0.25) is 5.91 Å². The molecule has 1 aromatic carbocycles. The summed E-state index contributed by atoms with van der Waals surface area (Å²) in [5.74, 6) is 0.545. The third-order valence-electron chi connectivity index (χ3n) is 6.77. The van der Waals surface area contributed by atoms with Gasteiger partial charge in [-0.25, -0.2) is 0 Å². The quantitative estimate of drug-likeness (QED) is 0.709. The number of carbonyl (C=O) groups is 1. The normalized spacial score (nSPS) is 24.6. The lowest BCUT2D eigenvalue weighted by Gasteiger charge is -2.29. The predicted molar refractivity (Wildman–Crippen MR) is 119 cm³/mol. The van der Waals surface area contributed by atoms with E-state index < -0.39 is 0 Å². The number of fused-ring (bicyclic) bond motifs is 3. The second-order valence-corrected chi connectivity index (χ2v) is 8.34. The minimum atomic E-state index is -0.373. The lowest BCUT2D eigenvalue weighted by molar-refractivity contribution is -0.127. The van der Waals surface area contributed by atoms with Crippen LogP contribution < -0.4 is 15.6 Å². The van der Waals surface area contributed by atoms with Crippen molar-refractivity contribution in [1.29, 1.82) is 0 Å². The number of ether oxygens (including phenoxy) is 1. The van der Waals surface area contributed by atoms with Crippen LogP contribution in [0, 0.1) is 11.8 Å². The monoisotopic (exact) mass is 425 g/mol. The van der Waals surface area contributed by atoms with Crippen LogP contribution in [0.2, 0.25) is 0 Å². The van der Waals surface area contributed by atoms with Crippen molar-refractivity contribution in [1.82, 2.24) is 14.8 Å². The fraction of sp³-hybridized carbons (Fsp3) is 0.500. The van der Waals surface area contributed by atoms with Gasteiger partial charge in [0, 0.05) is 42.8 Å². The molecular formula is C24H31N3O4. The Morgan fingerprint density at radius 3 is 2.55 bits per heavy atom. The van der Waals surface area contributed by atoms with Crippen LogP contribution in [0.1, 0.15) is 32.0 Å². The molecule has 0 saturated carbocycles. The highest BCUT2D eigenvalue weighted by molar-refractivity contribution is 5.82. The molecule has 2 N–H and O–H groups in total. The predicted octanol–water partition coefficient (Wildman–Crippen LogP) is 2.03. The lowest BCUT2D eigenvalue weighted by atomic mass is 9.88. The first-order valence-corrected chi connectivity index (χ1v) is 11.1. The highest BCUT2D eigenvalue weighted by Gasteiger charge is 2.54. The van der Waals surface area contributed by atoms with Gasteiger partial charge in [0.05, 0.1) is 19.2 Å². The summed E-state index contributed by atoms with van der Waals surface area (Å²) in [5.41, 5.74) is 2.39. The van der Waals surface area contributed by atoms with Crippen LogP contribution in [0.25, 0.3) is 11.1 Å². The number of likely N-dealkylation sites (tertiary alicyclic amines) is 1. The first-order chi connectivity index (χ1) is 15.0. The van der Waals surface area contributed by atoms with Crippen molar-refractivity contribution in [3.05, 3.63) is 52.4 Å². The van der Waals surface area contributed by atoms with Crippen LogP contribution in [0.15, 0.2) is 41.2 Å². The first-order valence-electron chi connectivity index (χ1n) is 11.1. The zero-order valence-electron chi connectivity index (χ0n) is 18.4. The Kier molecular flexibility index (Phi) is 6.16. The van der Waals surface area contributed by atoms with Gasteiger partial charge in [0.15, 0.2) is 0 Å². The summed E-state index contributed by atoms with van der Waals surface area (Å²) in [6, 6.07) is 10.9. The number of carbonyl (C=O) groups excluding carboxylic acids is 1. The number of nitrogens with zero attached hydrogens (tertiary/aromatic N) is 2. The van der Waals surface area contributed by atoms with Gasteiger partial charge < -0.3 is 19.7 Å². The van der Waals surface area contributed by atoms with Gasteiger partial charge in [-0.1, -0.05) is 26.0 Å². The molecule has 166 valence electrons. The molecule has 7 nitrogen and oxygen atoms in total. The number of hydrogen-bond acceptors (Lipinski definition) is 5. The zero-order chi connectivity index (χ0) is 22.1. The van der Waals surface area contributed by atoms with Crippen LogP contribution in [0.5, 0.6) is 5.75 Å². The maximum Gasteiger partial charge on any atom is 0.258 e. The number of hydrogen-bond donors (Lipinski definition) is 2. The first kappa shape index (κ1) is 21.6. The molecule has 4 rings (SSSR count). The summed E-state index contributed by atoms with van der Waals surface area (Å²) in [4.78, 5) is 28.4. The number of nitrogens with one attached hydrogen (secondary N) is 1. The van der Waals surface area contributed by atoms with Crippen molar-refractivity contribution >= 4 is 5.91 Å². The van der Waals surface area contributed by atoms with Gasteiger partial charge >= 0.3 is 0 Å². The number of rotatable bonds is 7. The Bertz CT molecular complexity index is 1000. The van der Waals surface area contributed by atoms with E-state index in [4.69, 9.17) is 4.74 Å². The minimum Gasteiger partial charge on any atom is -0.497 e. The molecule has 0 spiro atoms. The Labute approximate surface area is 182 Å². The average molecular weight is 426 g/mol. The number of benzene rings is 1. The summed E-state index contributed by atoms with van der Waals surface area (Å²) in [6.45, 7) is 5.80. The molecule has 0 aliphatic carbocycles. The Hall–Kier alpha value is -2.64. The number of methoxy groups -OCH3 is 1. The van der Waals surface area contributed by atoms with Gasteiger partial charge in [-0.3, -0.25) is 14.5 Å². The van der Waals surface area contributed by atoms with Gasteiger partial charge in [-0.15, -0.1) is 0 Å². The minimum absolute atomic E-state index is 0.0269. The maximum absolute atomic E-state index is 13.4. The Morgan fingerprint density at radius 2 is 1.94 bits per heavy atom. The van der Waals surface area contributed by atoms with Crippen LogP contribution in [-0.4, -0.2) is 53.3 Å². The van der Waals surface area contributed by atoms with Crippen LogP contribution in [-0.2, 0) is 11.3 Å². The summed E-state index contributed by atoms with van der Waals surface area (Å²) in [5, 5.41) is 13.2. The number of aromatic nitrogens is 1. The second-order valence-electron chi connectivity index (χ2n) is 8.34. The molecule has 2 aliphatic rings. The molecular weight excluding hydrogens is 394 g/mol. The molecule has 1 saturated heterocycles. The lowest BCUT2D eigenvalue weighted by Crippen LogP contribution is -2.48. The van der Waals surface area contributed by atoms with E-state index in [9.17, 15) is 14.7 Å². The average Bonchev–Trinajstić information content (AvgIpc) is 3.32. The van der Waals surface area contributed by atoms with E-state index in [1.165, 1.54) is 0 Å². The Morgan fingerprint density at radius 1 is 1.19 bits per heavy atom. The summed E-state index contributed by atoms with van der Waals surface area (Å²) in [6.07, 6.45) is 0.869. The highest BCUT2D eigenvalue weighted by atomic mass is 16.5. The standard InChI is InChI=1S/C24H31N3O4/c1-4-12-25-23(29)22-19(14-28)18-13-27-20(21(18)26(22)5-2)11-10-17(24(27)30)15-6-8-16(31-3)9-7-15/h6-11,18-19,21-22,28H,4-5,12-14H2,1-3H3,(H,25,29)/t18-,19-,21+,22-/m0/s1. The van der Waals surface area contributed by atoms with Crippen LogP contribution in [0.3, 0.4) is 0 Å². The number of aliphatic hydroxyl groups is 1. The van der Waals surface area contributed by atoms with E-state index >= 15 is 0 Å².